The van der Waals surface area contributed by atoms with Crippen LogP contribution in [-0.2, 0) is 4.79 Å². The molecule has 0 unspecified atom stereocenters. The number of piperazine rings is 1. The summed E-state index contributed by atoms with van der Waals surface area (Å²) in [7, 11) is 0. The van der Waals surface area contributed by atoms with Crippen LogP contribution in [0.5, 0.6) is 0 Å². The summed E-state index contributed by atoms with van der Waals surface area (Å²) in [6.45, 7) is -0.434. The number of nitrogens with zero attached hydrogens (tertiary/aromatic N) is 2. The van der Waals surface area contributed by atoms with Crippen LogP contribution in [0.15, 0.2) is 18.2 Å². The quantitative estimate of drug-likeness (QED) is 0.383. The van der Waals surface area contributed by atoms with E-state index in [1.54, 1.807) is 4.90 Å². The number of hydrogen-bond acceptors (Lipinski definition) is 3. The van der Waals surface area contributed by atoms with Crippen molar-refractivity contribution < 1.29 is 44.7 Å². The largest absolute Gasteiger partial charge is 0.471 e. The Labute approximate surface area is 185 Å². The first kappa shape index (κ1) is 24.6. The molecule has 1 aliphatic rings. The van der Waals surface area contributed by atoms with E-state index in [2.05, 4.69) is 0 Å². The minimum absolute atomic E-state index is 0.0117. The molecular weight excluding hydrogens is 490 g/mol. The van der Waals surface area contributed by atoms with Crippen molar-refractivity contribution in [1.29, 1.82) is 0 Å². The Morgan fingerprint density at radius 2 is 1.36 bits per heavy atom. The number of carbonyl (C=O) groups is 2. The summed E-state index contributed by atoms with van der Waals surface area (Å²) in [4.78, 5) is 25.6. The Kier molecular flexibility index (Phi) is 6.73. The van der Waals surface area contributed by atoms with Gasteiger partial charge in [-0.15, -0.1) is 0 Å². The summed E-state index contributed by atoms with van der Waals surface area (Å²) in [5.74, 6) is -15.2. The lowest BCUT2D eigenvalue weighted by Gasteiger charge is -2.36. The molecule has 0 bridgehead atoms. The summed E-state index contributed by atoms with van der Waals surface area (Å²) >= 11 is 6.13. The average molecular weight is 502 g/mol. The number of carbonyl (C=O) groups excluding carboxylic acids is 2. The monoisotopic (exact) mass is 501 g/mol. The topological polar surface area (TPSA) is 52.7 Å². The highest BCUT2D eigenvalue weighted by Crippen LogP contribution is 2.31. The summed E-state index contributed by atoms with van der Waals surface area (Å²) in [6, 6.07) is 3.66. The molecule has 1 heterocycles. The maximum atomic E-state index is 13.8. The minimum atomic E-state index is -4.99. The molecule has 0 atom stereocenters. The molecule has 178 valence electrons. The molecular formula is C19H12ClF8N3O2. The minimum Gasteiger partial charge on any atom is -0.367 e. The van der Waals surface area contributed by atoms with Crippen LogP contribution in [-0.4, -0.2) is 49.1 Å². The number of halogens is 9. The fraction of sp³-hybridized carbons (Fsp3) is 0.263. The smallest absolute Gasteiger partial charge is 0.367 e. The predicted molar refractivity (Wildman–Crippen MR) is 100 cm³/mol. The lowest BCUT2D eigenvalue weighted by Crippen LogP contribution is -2.52. The zero-order chi connectivity index (χ0) is 24.7. The summed E-state index contributed by atoms with van der Waals surface area (Å²) in [5.41, 5.74) is -1.51. The zero-order valence-electron chi connectivity index (χ0n) is 16.2. The highest BCUT2D eigenvalue weighted by atomic mass is 35.5. The molecule has 2 amide bonds. The second-order valence-electron chi connectivity index (χ2n) is 6.84. The number of anilines is 2. The average Bonchev–Trinajstić information content (AvgIpc) is 2.75. The van der Waals surface area contributed by atoms with Crippen molar-refractivity contribution in [2.24, 2.45) is 0 Å². The van der Waals surface area contributed by atoms with Crippen LogP contribution >= 0.6 is 11.6 Å². The van der Waals surface area contributed by atoms with Gasteiger partial charge >= 0.3 is 12.1 Å². The van der Waals surface area contributed by atoms with Gasteiger partial charge in [0.15, 0.2) is 23.3 Å². The molecule has 5 nitrogen and oxygen atoms in total. The molecule has 1 fully saturated rings. The van der Waals surface area contributed by atoms with Gasteiger partial charge < -0.3 is 15.1 Å². The molecule has 1 saturated heterocycles. The van der Waals surface area contributed by atoms with Gasteiger partial charge in [0.2, 0.25) is 5.82 Å². The van der Waals surface area contributed by atoms with Crippen LogP contribution in [0.3, 0.4) is 0 Å². The Hall–Kier alpha value is -3.09. The van der Waals surface area contributed by atoms with Crippen LogP contribution in [0, 0.1) is 29.1 Å². The molecule has 2 aromatic rings. The van der Waals surface area contributed by atoms with E-state index in [9.17, 15) is 44.7 Å². The Bertz CT molecular complexity index is 1090. The molecule has 1 aliphatic heterocycles. The summed E-state index contributed by atoms with van der Waals surface area (Å²) < 4.78 is 105. The molecule has 0 spiro atoms. The molecule has 14 heteroatoms. The number of benzene rings is 2. The number of nitrogens with one attached hydrogen (secondary N) is 1. The summed E-state index contributed by atoms with van der Waals surface area (Å²) in [6.07, 6.45) is -4.99. The second-order valence-corrected chi connectivity index (χ2v) is 7.25. The first-order valence-corrected chi connectivity index (χ1v) is 9.44. The van der Waals surface area contributed by atoms with Crippen molar-refractivity contribution >= 4 is 34.8 Å². The van der Waals surface area contributed by atoms with Gasteiger partial charge in [0, 0.05) is 31.9 Å². The SMILES string of the molecule is O=C(Nc1ccc(N2CCN(C(=O)C(F)(F)F)CC2)c(Cl)c1)c1c(F)c(F)c(F)c(F)c1F. The van der Waals surface area contributed by atoms with Crippen molar-refractivity contribution in [1.82, 2.24) is 4.90 Å². The van der Waals surface area contributed by atoms with E-state index in [0.29, 0.717) is 10.6 Å². The van der Waals surface area contributed by atoms with E-state index in [0.717, 1.165) is 6.07 Å². The van der Waals surface area contributed by atoms with Crippen LogP contribution in [0.2, 0.25) is 5.02 Å². The van der Waals surface area contributed by atoms with Crippen molar-refractivity contribution in [3.8, 4) is 0 Å². The van der Waals surface area contributed by atoms with Gasteiger partial charge in [-0.05, 0) is 18.2 Å². The fourth-order valence-electron chi connectivity index (χ4n) is 3.17. The second kappa shape index (κ2) is 9.04. The molecule has 0 aliphatic carbocycles. The highest BCUT2D eigenvalue weighted by Gasteiger charge is 2.43. The van der Waals surface area contributed by atoms with Crippen molar-refractivity contribution in [2.45, 2.75) is 6.18 Å². The molecule has 1 N–H and O–H groups in total. The standard InChI is InChI=1S/C19H12ClF8N3O2/c20-9-7-8(29-17(32)11-12(21)14(23)16(25)15(24)13(11)22)1-2-10(9)30-3-5-31(6-4-30)18(33)19(26,27)28/h1-2,7H,3-6H2,(H,29,32). The molecule has 3 rings (SSSR count). The maximum absolute atomic E-state index is 13.8. The van der Waals surface area contributed by atoms with Crippen LogP contribution in [0.25, 0.3) is 0 Å². The van der Waals surface area contributed by atoms with E-state index in [1.807, 2.05) is 5.32 Å². The third-order valence-electron chi connectivity index (χ3n) is 4.79. The van der Waals surface area contributed by atoms with Crippen LogP contribution < -0.4 is 10.2 Å². The molecule has 2 aromatic carbocycles. The van der Waals surface area contributed by atoms with Crippen molar-refractivity contribution in [3.63, 3.8) is 0 Å². The van der Waals surface area contributed by atoms with Gasteiger partial charge in [-0.1, -0.05) is 11.6 Å². The third kappa shape index (κ3) is 4.82. The number of rotatable bonds is 3. The first-order chi connectivity index (χ1) is 15.3. The van der Waals surface area contributed by atoms with Crippen molar-refractivity contribution in [3.05, 3.63) is 57.9 Å². The third-order valence-corrected chi connectivity index (χ3v) is 5.10. The normalized spacial score (nSPS) is 14.5. The lowest BCUT2D eigenvalue weighted by atomic mass is 10.1. The van der Waals surface area contributed by atoms with Gasteiger partial charge in [0.05, 0.1) is 10.7 Å². The summed E-state index contributed by atoms with van der Waals surface area (Å²) in [5, 5.41) is 1.94. The first-order valence-electron chi connectivity index (χ1n) is 9.06. The number of hydrogen-bond donors (Lipinski definition) is 1. The van der Waals surface area contributed by atoms with Crippen molar-refractivity contribution in [2.75, 3.05) is 36.4 Å². The van der Waals surface area contributed by atoms with Gasteiger partial charge in [0.1, 0.15) is 5.56 Å². The molecule has 0 aromatic heterocycles. The highest BCUT2D eigenvalue weighted by molar-refractivity contribution is 6.33. The van der Waals surface area contributed by atoms with Gasteiger partial charge in [0.25, 0.3) is 5.91 Å². The Balaban J connectivity index is 1.74. The zero-order valence-corrected chi connectivity index (χ0v) is 16.9. The lowest BCUT2D eigenvalue weighted by molar-refractivity contribution is -0.185. The number of alkyl halides is 3. The molecule has 0 saturated carbocycles. The number of amides is 2. The van der Waals surface area contributed by atoms with Crippen LogP contribution in [0.4, 0.5) is 46.5 Å². The van der Waals surface area contributed by atoms with E-state index in [-0.39, 0.29) is 36.9 Å². The van der Waals surface area contributed by atoms with Gasteiger partial charge in [-0.2, -0.15) is 13.2 Å². The van der Waals surface area contributed by atoms with Gasteiger partial charge in [-0.3, -0.25) is 9.59 Å². The maximum Gasteiger partial charge on any atom is 0.471 e. The fourth-order valence-corrected chi connectivity index (χ4v) is 3.47. The molecule has 33 heavy (non-hydrogen) atoms. The Morgan fingerprint density at radius 3 is 1.85 bits per heavy atom. The van der Waals surface area contributed by atoms with E-state index in [1.165, 1.54) is 12.1 Å². The predicted octanol–water partition coefficient (Wildman–Crippen LogP) is 4.50. The van der Waals surface area contributed by atoms with Crippen LogP contribution in [0.1, 0.15) is 10.4 Å². The van der Waals surface area contributed by atoms with E-state index >= 15 is 0 Å². The van der Waals surface area contributed by atoms with E-state index in [4.69, 9.17) is 11.6 Å². The van der Waals surface area contributed by atoms with Gasteiger partial charge in [-0.25, -0.2) is 22.0 Å². The molecule has 0 radical (unpaired) electrons. The Morgan fingerprint density at radius 1 is 0.848 bits per heavy atom. The van der Waals surface area contributed by atoms with E-state index < -0.39 is 52.6 Å².